The van der Waals surface area contributed by atoms with Gasteiger partial charge in [-0.15, -0.1) is 22.9 Å². The molecule has 1 saturated heterocycles. The van der Waals surface area contributed by atoms with E-state index in [1.807, 2.05) is 5.38 Å². The average molecular weight is 289 g/mol. The van der Waals surface area contributed by atoms with Crippen LogP contribution in [0, 0.1) is 0 Å². The van der Waals surface area contributed by atoms with Gasteiger partial charge in [-0.3, -0.25) is 4.79 Å². The number of carbonyl (C=O) groups is 1. The lowest BCUT2D eigenvalue weighted by Crippen LogP contribution is -2.36. The number of hydrogen-bond donors (Lipinski definition) is 1. The Morgan fingerprint density at radius 1 is 1.61 bits per heavy atom. The lowest BCUT2D eigenvalue weighted by Gasteiger charge is -2.22. The molecule has 0 saturated carbocycles. The van der Waals surface area contributed by atoms with Gasteiger partial charge in [0.15, 0.2) is 0 Å². The molecule has 1 amide bonds. The quantitative estimate of drug-likeness (QED) is 0.844. The van der Waals surface area contributed by atoms with Crippen molar-refractivity contribution in [3.05, 3.63) is 16.1 Å². The predicted molar refractivity (Wildman–Crippen MR) is 72.0 cm³/mol. The topological polar surface area (TPSA) is 51.2 Å². The lowest BCUT2D eigenvalue weighted by molar-refractivity contribution is -0.121. The summed E-state index contributed by atoms with van der Waals surface area (Å²) < 4.78 is 5.55. The minimum absolute atomic E-state index is 0.000328. The van der Waals surface area contributed by atoms with Gasteiger partial charge in [0.1, 0.15) is 5.01 Å². The number of alkyl halides is 1. The van der Waals surface area contributed by atoms with Crippen molar-refractivity contribution in [2.75, 3.05) is 13.2 Å². The second-order valence-electron chi connectivity index (χ2n) is 4.34. The fourth-order valence-corrected chi connectivity index (χ4v) is 2.91. The number of ether oxygens (including phenoxy) is 1. The standard InChI is InChI=1S/C12H17ClN2O2S/c13-6-9-8-18-12(15-9)5-11(16)14-7-10-3-1-2-4-17-10/h8,10H,1-7H2,(H,14,16). The van der Waals surface area contributed by atoms with Gasteiger partial charge >= 0.3 is 0 Å². The fraction of sp³-hybridized carbons (Fsp3) is 0.667. The van der Waals surface area contributed by atoms with Crippen LogP contribution in [-0.2, 0) is 21.8 Å². The molecule has 1 atom stereocenters. The molecule has 2 rings (SSSR count). The minimum Gasteiger partial charge on any atom is -0.376 e. The fourth-order valence-electron chi connectivity index (χ4n) is 1.89. The summed E-state index contributed by atoms with van der Waals surface area (Å²) in [7, 11) is 0. The summed E-state index contributed by atoms with van der Waals surface area (Å²) >= 11 is 7.14. The summed E-state index contributed by atoms with van der Waals surface area (Å²) in [5.41, 5.74) is 0.833. The molecule has 18 heavy (non-hydrogen) atoms. The second kappa shape index (κ2) is 7.07. The Kier molecular flexibility index (Phi) is 5.41. The second-order valence-corrected chi connectivity index (χ2v) is 5.55. The Labute approximate surface area is 116 Å². The molecule has 0 spiro atoms. The van der Waals surface area contributed by atoms with E-state index in [0.717, 1.165) is 30.2 Å². The largest absolute Gasteiger partial charge is 0.376 e. The summed E-state index contributed by atoms with van der Waals surface area (Å²) in [6, 6.07) is 0. The zero-order valence-electron chi connectivity index (χ0n) is 10.2. The van der Waals surface area contributed by atoms with Crippen LogP contribution in [-0.4, -0.2) is 30.1 Å². The van der Waals surface area contributed by atoms with Crippen LogP contribution in [0.2, 0.25) is 0 Å². The van der Waals surface area contributed by atoms with E-state index in [-0.39, 0.29) is 12.0 Å². The summed E-state index contributed by atoms with van der Waals surface area (Å²) in [6.07, 6.45) is 3.86. The number of nitrogens with zero attached hydrogens (tertiary/aromatic N) is 1. The third kappa shape index (κ3) is 4.23. The summed E-state index contributed by atoms with van der Waals surface area (Å²) in [5, 5.41) is 5.60. The van der Waals surface area contributed by atoms with Crippen molar-refractivity contribution in [3.8, 4) is 0 Å². The molecule has 4 nitrogen and oxygen atoms in total. The molecule has 1 fully saturated rings. The molecule has 1 aromatic heterocycles. The molecule has 100 valence electrons. The van der Waals surface area contributed by atoms with Crippen LogP contribution >= 0.6 is 22.9 Å². The molecule has 0 aromatic carbocycles. The number of rotatable bonds is 5. The van der Waals surface area contributed by atoms with E-state index in [1.54, 1.807) is 0 Å². The van der Waals surface area contributed by atoms with Crippen molar-refractivity contribution in [3.63, 3.8) is 0 Å². The Morgan fingerprint density at radius 3 is 3.17 bits per heavy atom. The molecular formula is C12H17ClN2O2S. The van der Waals surface area contributed by atoms with Crippen molar-refractivity contribution in [1.29, 1.82) is 0 Å². The van der Waals surface area contributed by atoms with Gasteiger partial charge in [-0.1, -0.05) is 0 Å². The minimum atomic E-state index is -0.000328. The molecule has 0 bridgehead atoms. The Hall–Kier alpha value is -0.650. The zero-order chi connectivity index (χ0) is 12.8. The smallest absolute Gasteiger partial charge is 0.226 e. The number of thiazole rings is 1. The SMILES string of the molecule is O=C(Cc1nc(CCl)cs1)NCC1CCCCO1. The Bertz CT molecular complexity index is 391. The Balaban J connectivity index is 1.71. The molecule has 6 heteroatoms. The predicted octanol–water partition coefficient (Wildman–Crippen LogP) is 2.11. The maximum atomic E-state index is 11.7. The van der Waals surface area contributed by atoms with Crippen LogP contribution in [0.15, 0.2) is 5.38 Å². The van der Waals surface area contributed by atoms with Crippen LogP contribution < -0.4 is 5.32 Å². The highest BCUT2D eigenvalue weighted by molar-refractivity contribution is 7.09. The number of aromatic nitrogens is 1. The maximum Gasteiger partial charge on any atom is 0.226 e. The number of hydrogen-bond acceptors (Lipinski definition) is 4. The monoisotopic (exact) mass is 288 g/mol. The van der Waals surface area contributed by atoms with Gasteiger partial charge in [-0.05, 0) is 19.3 Å². The summed E-state index contributed by atoms with van der Waals surface area (Å²) in [5.74, 6) is 0.397. The van der Waals surface area contributed by atoms with Gasteiger partial charge in [0.05, 0.1) is 24.1 Å². The van der Waals surface area contributed by atoms with Crippen LogP contribution in [0.25, 0.3) is 0 Å². The molecular weight excluding hydrogens is 272 g/mol. The van der Waals surface area contributed by atoms with Crippen LogP contribution in [0.4, 0.5) is 0 Å². The number of amides is 1. The van der Waals surface area contributed by atoms with Crippen LogP contribution in [0.5, 0.6) is 0 Å². The molecule has 1 N–H and O–H groups in total. The third-order valence-electron chi connectivity index (χ3n) is 2.85. The number of nitrogens with one attached hydrogen (secondary N) is 1. The summed E-state index contributed by atoms with van der Waals surface area (Å²) in [6.45, 7) is 1.42. The highest BCUT2D eigenvalue weighted by atomic mass is 35.5. The van der Waals surface area contributed by atoms with Gasteiger partial charge in [0, 0.05) is 18.5 Å². The van der Waals surface area contributed by atoms with Crippen LogP contribution in [0.1, 0.15) is 30.0 Å². The summed E-state index contributed by atoms with van der Waals surface area (Å²) in [4.78, 5) is 16.0. The van der Waals surface area contributed by atoms with E-state index in [4.69, 9.17) is 16.3 Å². The average Bonchev–Trinajstić information content (AvgIpc) is 2.85. The van der Waals surface area contributed by atoms with Gasteiger partial charge in [-0.25, -0.2) is 4.98 Å². The molecule has 1 aromatic rings. The normalized spacial score (nSPS) is 19.7. The van der Waals surface area contributed by atoms with Gasteiger partial charge in [0.2, 0.25) is 5.91 Å². The van der Waals surface area contributed by atoms with Crippen molar-refractivity contribution in [2.24, 2.45) is 0 Å². The van der Waals surface area contributed by atoms with Crippen LogP contribution in [0.3, 0.4) is 0 Å². The molecule has 0 radical (unpaired) electrons. The first kappa shape index (κ1) is 13.8. The van der Waals surface area contributed by atoms with E-state index in [2.05, 4.69) is 10.3 Å². The molecule has 1 aliphatic heterocycles. The first-order chi connectivity index (χ1) is 8.78. The maximum absolute atomic E-state index is 11.7. The van der Waals surface area contributed by atoms with Crippen molar-refractivity contribution in [1.82, 2.24) is 10.3 Å². The number of halogens is 1. The van der Waals surface area contributed by atoms with E-state index in [9.17, 15) is 4.79 Å². The first-order valence-corrected chi connectivity index (χ1v) is 7.57. The van der Waals surface area contributed by atoms with Gasteiger partial charge in [0.25, 0.3) is 0 Å². The molecule has 1 aliphatic rings. The van der Waals surface area contributed by atoms with Gasteiger partial charge in [-0.2, -0.15) is 0 Å². The highest BCUT2D eigenvalue weighted by Crippen LogP contribution is 2.13. The molecule has 1 unspecified atom stereocenters. The molecule has 2 heterocycles. The first-order valence-electron chi connectivity index (χ1n) is 6.15. The Morgan fingerprint density at radius 2 is 2.50 bits per heavy atom. The van der Waals surface area contributed by atoms with E-state index >= 15 is 0 Å². The number of carbonyl (C=O) groups excluding carboxylic acids is 1. The van der Waals surface area contributed by atoms with E-state index < -0.39 is 0 Å². The van der Waals surface area contributed by atoms with Crippen molar-refractivity contribution >= 4 is 28.8 Å². The molecule has 0 aliphatic carbocycles. The van der Waals surface area contributed by atoms with E-state index in [0.29, 0.717) is 18.8 Å². The zero-order valence-corrected chi connectivity index (χ0v) is 11.7. The van der Waals surface area contributed by atoms with Gasteiger partial charge < -0.3 is 10.1 Å². The van der Waals surface area contributed by atoms with Crippen molar-refractivity contribution in [2.45, 2.75) is 37.7 Å². The van der Waals surface area contributed by atoms with E-state index in [1.165, 1.54) is 17.8 Å². The lowest BCUT2D eigenvalue weighted by atomic mass is 10.1. The third-order valence-corrected chi connectivity index (χ3v) is 4.02. The highest BCUT2D eigenvalue weighted by Gasteiger charge is 2.15. The van der Waals surface area contributed by atoms with Crippen molar-refractivity contribution < 1.29 is 9.53 Å².